The zero-order valence-electron chi connectivity index (χ0n) is 11.4. The molecule has 0 aliphatic carbocycles. The fourth-order valence-electron chi connectivity index (χ4n) is 2.03. The van der Waals surface area contributed by atoms with E-state index >= 15 is 0 Å². The van der Waals surface area contributed by atoms with Crippen LogP contribution >= 0.6 is 11.6 Å². The average molecular weight is 307 g/mol. The first-order valence-electron chi connectivity index (χ1n) is 6.40. The fourth-order valence-corrected chi connectivity index (χ4v) is 2.23. The molecule has 0 fully saturated rings. The Hall–Kier alpha value is -2.27. The molecular weight excluding hydrogens is 292 g/mol. The number of rotatable bonds is 5. The quantitative estimate of drug-likeness (QED) is 0.892. The van der Waals surface area contributed by atoms with E-state index < -0.39 is 5.97 Å². The molecule has 1 unspecified atom stereocenters. The molecule has 0 saturated carbocycles. The van der Waals surface area contributed by atoms with Gasteiger partial charge in [0.2, 0.25) is 0 Å². The molecule has 6 heteroatoms. The summed E-state index contributed by atoms with van der Waals surface area (Å²) in [5.41, 5.74) is 1.19. The standard InChI is InChI=1S/C15H15ClN2O3/c1-10(11-4-2-5-12(16)8-11)17-15(21)13-6-3-7-18(13)9-14(19)20/h2-8,10H,9H2,1H3,(H,17,21)(H,19,20). The lowest BCUT2D eigenvalue weighted by atomic mass is 10.1. The van der Waals surface area contributed by atoms with E-state index in [0.717, 1.165) is 5.56 Å². The molecule has 0 aliphatic heterocycles. The number of nitrogens with one attached hydrogen (secondary N) is 1. The second kappa shape index (κ2) is 6.45. The Morgan fingerprint density at radius 2 is 2.10 bits per heavy atom. The molecule has 2 aromatic rings. The molecular formula is C15H15ClN2O3. The van der Waals surface area contributed by atoms with E-state index in [9.17, 15) is 9.59 Å². The number of benzene rings is 1. The van der Waals surface area contributed by atoms with Crippen LogP contribution in [0, 0.1) is 0 Å². The predicted molar refractivity (Wildman–Crippen MR) is 79.4 cm³/mol. The lowest BCUT2D eigenvalue weighted by Gasteiger charge is -2.15. The summed E-state index contributed by atoms with van der Waals surface area (Å²) in [6.45, 7) is 1.59. The highest BCUT2D eigenvalue weighted by molar-refractivity contribution is 6.30. The van der Waals surface area contributed by atoms with E-state index in [1.54, 1.807) is 30.5 Å². The summed E-state index contributed by atoms with van der Waals surface area (Å²) in [4.78, 5) is 23.0. The third-order valence-electron chi connectivity index (χ3n) is 3.06. The van der Waals surface area contributed by atoms with Crippen LogP contribution in [0.15, 0.2) is 42.6 Å². The first kappa shape index (κ1) is 15.1. The molecule has 0 spiro atoms. The van der Waals surface area contributed by atoms with Gasteiger partial charge in [0.05, 0.1) is 6.04 Å². The second-order valence-electron chi connectivity index (χ2n) is 4.67. The van der Waals surface area contributed by atoms with Gasteiger partial charge in [0, 0.05) is 11.2 Å². The topological polar surface area (TPSA) is 71.3 Å². The van der Waals surface area contributed by atoms with Gasteiger partial charge < -0.3 is 15.0 Å². The van der Waals surface area contributed by atoms with Crippen LogP contribution in [0.1, 0.15) is 29.0 Å². The lowest BCUT2D eigenvalue weighted by Crippen LogP contribution is -2.29. The SMILES string of the molecule is CC(NC(=O)c1cccn1CC(=O)O)c1cccc(Cl)c1. The highest BCUT2D eigenvalue weighted by Crippen LogP contribution is 2.18. The van der Waals surface area contributed by atoms with Gasteiger partial charge in [-0.05, 0) is 36.8 Å². The van der Waals surface area contributed by atoms with Gasteiger partial charge in [-0.1, -0.05) is 23.7 Å². The highest BCUT2D eigenvalue weighted by Gasteiger charge is 2.15. The maximum Gasteiger partial charge on any atom is 0.323 e. The van der Waals surface area contributed by atoms with Gasteiger partial charge in [0.25, 0.3) is 5.91 Å². The largest absolute Gasteiger partial charge is 0.480 e. The molecule has 1 aromatic heterocycles. The number of hydrogen-bond donors (Lipinski definition) is 2. The molecule has 0 aliphatic rings. The number of halogens is 1. The van der Waals surface area contributed by atoms with Crippen molar-refractivity contribution < 1.29 is 14.7 Å². The van der Waals surface area contributed by atoms with Crippen LogP contribution in [-0.4, -0.2) is 21.6 Å². The molecule has 1 atom stereocenters. The summed E-state index contributed by atoms with van der Waals surface area (Å²) >= 11 is 5.93. The number of carbonyl (C=O) groups excluding carboxylic acids is 1. The Balaban J connectivity index is 2.11. The van der Waals surface area contributed by atoms with Crippen LogP contribution in [0.5, 0.6) is 0 Å². The number of carbonyl (C=O) groups is 2. The van der Waals surface area contributed by atoms with Gasteiger partial charge in [-0.3, -0.25) is 9.59 Å². The number of amides is 1. The Labute approximate surface area is 127 Å². The van der Waals surface area contributed by atoms with Crippen molar-refractivity contribution in [3.63, 3.8) is 0 Å². The summed E-state index contributed by atoms with van der Waals surface area (Å²) < 4.78 is 1.39. The zero-order chi connectivity index (χ0) is 15.4. The third-order valence-corrected chi connectivity index (χ3v) is 3.30. The minimum atomic E-state index is -0.997. The monoisotopic (exact) mass is 306 g/mol. The molecule has 0 radical (unpaired) electrons. The molecule has 0 saturated heterocycles. The summed E-state index contributed by atoms with van der Waals surface area (Å²) in [5, 5.41) is 12.2. The maximum absolute atomic E-state index is 12.2. The Kier molecular flexibility index (Phi) is 4.65. The van der Waals surface area contributed by atoms with Gasteiger partial charge in [-0.15, -0.1) is 0 Å². The molecule has 110 valence electrons. The summed E-state index contributed by atoms with van der Waals surface area (Å²) in [7, 11) is 0. The number of carboxylic acids is 1. The highest BCUT2D eigenvalue weighted by atomic mass is 35.5. The van der Waals surface area contributed by atoms with Crippen molar-refractivity contribution in [1.29, 1.82) is 0 Å². The van der Waals surface area contributed by atoms with E-state index in [1.807, 2.05) is 19.1 Å². The molecule has 1 amide bonds. The summed E-state index contributed by atoms with van der Waals surface area (Å²) in [6.07, 6.45) is 1.56. The van der Waals surface area contributed by atoms with E-state index in [1.165, 1.54) is 4.57 Å². The molecule has 1 aromatic carbocycles. The summed E-state index contributed by atoms with van der Waals surface area (Å²) in [5.74, 6) is -1.32. The van der Waals surface area contributed by atoms with E-state index in [4.69, 9.17) is 16.7 Å². The van der Waals surface area contributed by atoms with Crippen molar-refractivity contribution in [2.24, 2.45) is 0 Å². The van der Waals surface area contributed by atoms with Gasteiger partial charge in [0.15, 0.2) is 0 Å². The minimum Gasteiger partial charge on any atom is -0.480 e. The third kappa shape index (κ3) is 3.86. The first-order chi connectivity index (χ1) is 9.97. The molecule has 21 heavy (non-hydrogen) atoms. The second-order valence-corrected chi connectivity index (χ2v) is 5.10. The lowest BCUT2D eigenvalue weighted by molar-refractivity contribution is -0.137. The molecule has 1 heterocycles. The number of nitrogens with zero attached hydrogens (tertiary/aromatic N) is 1. The van der Waals surface area contributed by atoms with Crippen molar-refractivity contribution >= 4 is 23.5 Å². The van der Waals surface area contributed by atoms with Gasteiger partial charge in [0.1, 0.15) is 12.2 Å². The predicted octanol–water partition coefficient (Wildman–Crippen LogP) is 2.72. The molecule has 5 nitrogen and oxygen atoms in total. The van der Waals surface area contributed by atoms with Crippen molar-refractivity contribution in [1.82, 2.24) is 9.88 Å². The average Bonchev–Trinajstić information content (AvgIpc) is 2.86. The normalized spacial score (nSPS) is 11.9. The van der Waals surface area contributed by atoms with Crippen LogP contribution in [0.4, 0.5) is 0 Å². The Morgan fingerprint density at radius 3 is 2.76 bits per heavy atom. The zero-order valence-corrected chi connectivity index (χ0v) is 12.2. The number of carboxylic acid groups (broad SMARTS) is 1. The fraction of sp³-hybridized carbons (Fsp3) is 0.200. The Morgan fingerprint density at radius 1 is 1.33 bits per heavy atom. The van der Waals surface area contributed by atoms with Crippen molar-refractivity contribution in [3.8, 4) is 0 Å². The number of aromatic nitrogens is 1. The molecule has 2 rings (SSSR count). The van der Waals surface area contributed by atoms with E-state index in [0.29, 0.717) is 10.7 Å². The molecule has 2 N–H and O–H groups in total. The van der Waals surface area contributed by atoms with Gasteiger partial charge in [-0.25, -0.2) is 0 Å². The van der Waals surface area contributed by atoms with Crippen molar-refractivity contribution in [3.05, 3.63) is 58.9 Å². The minimum absolute atomic E-state index is 0.232. The van der Waals surface area contributed by atoms with Crippen molar-refractivity contribution in [2.75, 3.05) is 0 Å². The van der Waals surface area contributed by atoms with Gasteiger partial charge in [-0.2, -0.15) is 0 Å². The van der Waals surface area contributed by atoms with E-state index in [-0.39, 0.29) is 18.5 Å². The van der Waals surface area contributed by atoms with Crippen LogP contribution in [0.3, 0.4) is 0 Å². The smallest absolute Gasteiger partial charge is 0.323 e. The van der Waals surface area contributed by atoms with E-state index in [2.05, 4.69) is 5.32 Å². The van der Waals surface area contributed by atoms with Crippen molar-refractivity contribution in [2.45, 2.75) is 19.5 Å². The van der Waals surface area contributed by atoms with Crippen LogP contribution in [0.25, 0.3) is 0 Å². The number of hydrogen-bond acceptors (Lipinski definition) is 2. The van der Waals surface area contributed by atoms with Gasteiger partial charge >= 0.3 is 5.97 Å². The van der Waals surface area contributed by atoms with Crippen LogP contribution < -0.4 is 5.32 Å². The summed E-state index contributed by atoms with van der Waals surface area (Å²) in [6, 6.07) is 10.2. The Bertz CT molecular complexity index is 666. The van der Waals surface area contributed by atoms with Crippen LogP contribution in [0.2, 0.25) is 5.02 Å². The number of aliphatic carboxylic acids is 1. The molecule has 0 bridgehead atoms. The first-order valence-corrected chi connectivity index (χ1v) is 6.78. The maximum atomic E-state index is 12.2. The van der Waals surface area contributed by atoms with Crippen LogP contribution in [-0.2, 0) is 11.3 Å².